The standard InChI is InChI=1S/C9H12F3NO/c1-3-4-8(9(10,11)12)5-6-13(2)7(8)14/h3H,1,4-6H2,2H3. The number of carbonyl (C=O) groups excluding carboxylic acids is 1. The van der Waals surface area contributed by atoms with Crippen molar-refractivity contribution >= 4 is 5.91 Å². The van der Waals surface area contributed by atoms with Crippen LogP contribution in [-0.2, 0) is 4.79 Å². The molecule has 0 aromatic heterocycles. The maximum Gasteiger partial charge on any atom is 0.403 e. The molecule has 1 amide bonds. The van der Waals surface area contributed by atoms with Crippen molar-refractivity contribution in [3.63, 3.8) is 0 Å². The van der Waals surface area contributed by atoms with Gasteiger partial charge in [0.25, 0.3) is 0 Å². The summed E-state index contributed by atoms with van der Waals surface area (Å²) < 4.78 is 38.2. The molecular weight excluding hydrogens is 195 g/mol. The van der Waals surface area contributed by atoms with Crippen LogP contribution in [0.4, 0.5) is 13.2 Å². The predicted molar refractivity (Wildman–Crippen MR) is 45.6 cm³/mol. The zero-order valence-electron chi connectivity index (χ0n) is 7.90. The predicted octanol–water partition coefficient (Wildman–Crippen LogP) is 1.97. The average molecular weight is 207 g/mol. The smallest absolute Gasteiger partial charge is 0.345 e. The number of rotatable bonds is 2. The van der Waals surface area contributed by atoms with Gasteiger partial charge in [0.2, 0.25) is 5.91 Å². The molecule has 0 spiro atoms. The van der Waals surface area contributed by atoms with E-state index in [2.05, 4.69) is 6.58 Å². The van der Waals surface area contributed by atoms with Gasteiger partial charge < -0.3 is 4.90 Å². The number of halogens is 3. The molecule has 0 aromatic carbocycles. The van der Waals surface area contributed by atoms with Crippen LogP contribution in [0, 0.1) is 5.41 Å². The molecule has 14 heavy (non-hydrogen) atoms. The first-order chi connectivity index (χ1) is 6.35. The highest BCUT2D eigenvalue weighted by Crippen LogP contribution is 2.48. The Balaban J connectivity index is 3.06. The molecule has 0 N–H and O–H groups in total. The van der Waals surface area contributed by atoms with Crippen LogP contribution in [-0.4, -0.2) is 30.6 Å². The molecule has 1 aliphatic heterocycles. The van der Waals surface area contributed by atoms with Gasteiger partial charge in [0, 0.05) is 13.6 Å². The minimum atomic E-state index is -4.48. The number of nitrogens with zero attached hydrogens (tertiary/aromatic N) is 1. The Bertz CT molecular complexity index is 261. The minimum Gasteiger partial charge on any atom is -0.345 e. The summed E-state index contributed by atoms with van der Waals surface area (Å²) in [5.74, 6) is -0.843. The lowest BCUT2D eigenvalue weighted by Gasteiger charge is -2.28. The van der Waals surface area contributed by atoms with Gasteiger partial charge in [-0.15, -0.1) is 6.58 Å². The highest BCUT2D eigenvalue weighted by molar-refractivity contribution is 5.85. The molecule has 0 aliphatic carbocycles. The van der Waals surface area contributed by atoms with Gasteiger partial charge in [0.1, 0.15) is 5.41 Å². The SMILES string of the molecule is C=CCC1(C(F)(F)F)CCN(C)C1=O. The Kier molecular flexibility index (Phi) is 2.61. The van der Waals surface area contributed by atoms with E-state index in [-0.39, 0.29) is 19.4 Å². The molecule has 1 atom stereocenters. The molecule has 0 saturated carbocycles. The van der Waals surface area contributed by atoms with Crippen LogP contribution in [0.2, 0.25) is 0 Å². The van der Waals surface area contributed by atoms with Crippen molar-refractivity contribution in [3.8, 4) is 0 Å². The summed E-state index contributed by atoms with van der Waals surface area (Å²) in [5, 5.41) is 0. The summed E-state index contributed by atoms with van der Waals surface area (Å²) >= 11 is 0. The summed E-state index contributed by atoms with van der Waals surface area (Å²) in [4.78, 5) is 12.5. The second kappa shape index (κ2) is 3.29. The maximum atomic E-state index is 12.7. The van der Waals surface area contributed by atoms with Crippen molar-refractivity contribution in [2.75, 3.05) is 13.6 Å². The molecule has 5 heteroatoms. The van der Waals surface area contributed by atoms with E-state index in [0.29, 0.717) is 0 Å². The molecule has 0 radical (unpaired) electrons. The van der Waals surface area contributed by atoms with Crippen LogP contribution in [0.5, 0.6) is 0 Å². The highest BCUT2D eigenvalue weighted by atomic mass is 19.4. The molecule has 1 aliphatic rings. The van der Waals surface area contributed by atoms with Crippen LogP contribution in [0.3, 0.4) is 0 Å². The van der Waals surface area contributed by atoms with Crippen molar-refractivity contribution in [2.45, 2.75) is 19.0 Å². The van der Waals surface area contributed by atoms with E-state index in [1.807, 2.05) is 0 Å². The second-order valence-corrected chi connectivity index (χ2v) is 3.55. The van der Waals surface area contributed by atoms with E-state index >= 15 is 0 Å². The maximum absolute atomic E-state index is 12.7. The number of allylic oxidation sites excluding steroid dienone is 1. The van der Waals surface area contributed by atoms with Crippen LogP contribution in [0.25, 0.3) is 0 Å². The van der Waals surface area contributed by atoms with Gasteiger partial charge in [0.15, 0.2) is 0 Å². The first-order valence-corrected chi connectivity index (χ1v) is 4.28. The summed E-state index contributed by atoms with van der Waals surface area (Å²) in [5.41, 5.74) is -2.22. The van der Waals surface area contributed by atoms with Crippen molar-refractivity contribution in [2.24, 2.45) is 5.41 Å². The molecule has 80 valence electrons. The number of likely N-dealkylation sites (tertiary alicyclic amines) is 1. The largest absolute Gasteiger partial charge is 0.403 e. The van der Waals surface area contributed by atoms with Crippen LogP contribution in [0.1, 0.15) is 12.8 Å². The zero-order chi connectivity index (χ0) is 11.0. The molecule has 1 heterocycles. The molecule has 1 unspecified atom stereocenters. The Morgan fingerprint density at radius 2 is 2.21 bits per heavy atom. The number of hydrogen-bond acceptors (Lipinski definition) is 1. The van der Waals surface area contributed by atoms with Gasteiger partial charge in [-0.25, -0.2) is 0 Å². The minimum absolute atomic E-state index is 0.159. The lowest BCUT2D eigenvalue weighted by Crippen LogP contribution is -2.44. The average Bonchev–Trinajstić information content (AvgIpc) is 2.33. The lowest BCUT2D eigenvalue weighted by molar-refractivity contribution is -0.218. The third-order valence-electron chi connectivity index (χ3n) is 2.67. The summed E-state index contributed by atoms with van der Waals surface area (Å²) in [7, 11) is 1.39. The topological polar surface area (TPSA) is 20.3 Å². The normalized spacial score (nSPS) is 28.3. The molecule has 0 bridgehead atoms. The monoisotopic (exact) mass is 207 g/mol. The van der Waals surface area contributed by atoms with Crippen LogP contribution < -0.4 is 0 Å². The third-order valence-corrected chi connectivity index (χ3v) is 2.67. The number of hydrogen-bond donors (Lipinski definition) is 0. The zero-order valence-corrected chi connectivity index (χ0v) is 7.90. The third kappa shape index (κ3) is 1.40. The van der Waals surface area contributed by atoms with E-state index in [1.165, 1.54) is 7.05 Å². The molecule has 1 saturated heterocycles. The summed E-state index contributed by atoms with van der Waals surface area (Å²) in [6, 6.07) is 0. The van der Waals surface area contributed by atoms with E-state index in [0.717, 1.165) is 11.0 Å². The fourth-order valence-corrected chi connectivity index (χ4v) is 1.75. The van der Waals surface area contributed by atoms with E-state index in [9.17, 15) is 18.0 Å². The molecule has 2 nitrogen and oxygen atoms in total. The second-order valence-electron chi connectivity index (χ2n) is 3.55. The number of amides is 1. The molecule has 1 fully saturated rings. The number of carbonyl (C=O) groups is 1. The molecular formula is C9H12F3NO. The van der Waals surface area contributed by atoms with Gasteiger partial charge in [-0.05, 0) is 12.8 Å². The van der Waals surface area contributed by atoms with Crippen LogP contribution in [0.15, 0.2) is 12.7 Å². The quantitative estimate of drug-likeness (QED) is 0.634. The van der Waals surface area contributed by atoms with Crippen molar-refractivity contribution in [1.29, 1.82) is 0 Å². The fourth-order valence-electron chi connectivity index (χ4n) is 1.75. The summed E-state index contributed by atoms with van der Waals surface area (Å²) in [6.07, 6.45) is -3.83. The van der Waals surface area contributed by atoms with Crippen molar-refractivity contribution < 1.29 is 18.0 Å². The van der Waals surface area contributed by atoms with E-state index < -0.39 is 17.5 Å². The van der Waals surface area contributed by atoms with E-state index in [4.69, 9.17) is 0 Å². The Morgan fingerprint density at radius 1 is 1.64 bits per heavy atom. The van der Waals surface area contributed by atoms with Gasteiger partial charge >= 0.3 is 6.18 Å². The first kappa shape index (κ1) is 11.1. The highest BCUT2D eigenvalue weighted by Gasteiger charge is 2.62. The lowest BCUT2D eigenvalue weighted by atomic mass is 9.82. The van der Waals surface area contributed by atoms with Gasteiger partial charge in [-0.3, -0.25) is 4.79 Å². The Morgan fingerprint density at radius 3 is 2.50 bits per heavy atom. The molecule has 1 rings (SSSR count). The van der Waals surface area contributed by atoms with E-state index in [1.54, 1.807) is 0 Å². The van der Waals surface area contributed by atoms with Crippen LogP contribution >= 0.6 is 0 Å². The Labute approximate surface area is 80.4 Å². The van der Waals surface area contributed by atoms with Crippen molar-refractivity contribution in [3.05, 3.63) is 12.7 Å². The Hall–Kier alpha value is -1.00. The van der Waals surface area contributed by atoms with Gasteiger partial charge in [-0.1, -0.05) is 6.08 Å². The summed E-state index contributed by atoms with van der Waals surface area (Å²) in [6.45, 7) is 3.43. The first-order valence-electron chi connectivity index (χ1n) is 4.28. The van der Waals surface area contributed by atoms with Crippen molar-refractivity contribution in [1.82, 2.24) is 4.90 Å². The molecule has 0 aromatic rings. The fraction of sp³-hybridized carbons (Fsp3) is 0.667. The van der Waals surface area contributed by atoms with Gasteiger partial charge in [0.05, 0.1) is 0 Å². The number of alkyl halides is 3. The van der Waals surface area contributed by atoms with Gasteiger partial charge in [-0.2, -0.15) is 13.2 Å².